The van der Waals surface area contributed by atoms with Crippen LogP contribution in [0.25, 0.3) is 0 Å². The van der Waals surface area contributed by atoms with Crippen molar-refractivity contribution in [2.24, 2.45) is 0 Å². The molecule has 0 saturated heterocycles. The lowest BCUT2D eigenvalue weighted by molar-refractivity contribution is 1.01. The molecule has 2 nitrogen and oxygen atoms in total. The van der Waals surface area contributed by atoms with Crippen LogP contribution in [0.3, 0.4) is 0 Å². The molecule has 0 saturated carbocycles. The molecule has 2 aromatic rings. The van der Waals surface area contributed by atoms with Crippen LogP contribution in [0.2, 0.25) is 0 Å². The molecule has 0 aliphatic carbocycles. The monoisotopic (exact) mass is 344 g/mol. The Morgan fingerprint density at radius 1 is 1.38 bits per heavy atom. The molecule has 16 heavy (non-hydrogen) atoms. The zero-order chi connectivity index (χ0) is 11.4. The number of para-hydroxylation sites is 1. The number of aromatic nitrogens is 1. The molecule has 0 fully saturated rings. The van der Waals surface area contributed by atoms with Crippen LogP contribution in [0.15, 0.2) is 29.6 Å². The minimum absolute atomic E-state index is 0.802. The first-order valence-corrected chi connectivity index (χ1v) is 7.17. The van der Waals surface area contributed by atoms with Gasteiger partial charge in [0, 0.05) is 14.6 Å². The molecule has 1 N–H and O–H groups in total. The van der Waals surface area contributed by atoms with Crippen molar-refractivity contribution in [3.8, 4) is 0 Å². The Morgan fingerprint density at radius 3 is 2.88 bits per heavy atom. The zero-order valence-corrected chi connectivity index (χ0v) is 12.0. The van der Waals surface area contributed by atoms with Gasteiger partial charge in [-0.05, 0) is 41.1 Å². The number of benzene rings is 1. The van der Waals surface area contributed by atoms with Gasteiger partial charge in [0.25, 0.3) is 0 Å². The number of aryl methyl sites for hydroxylation is 1. The fourth-order valence-electron chi connectivity index (χ4n) is 1.38. The predicted molar refractivity (Wildman–Crippen MR) is 78.0 cm³/mol. The Labute approximate surface area is 113 Å². The molecule has 0 aliphatic rings. The SMILES string of the molecule is CCc1nc(CNc2ccccc2I)cs1. The van der Waals surface area contributed by atoms with Crippen LogP contribution < -0.4 is 5.32 Å². The Bertz CT molecular complexity index is 468. The lowest BCUT2D eigenvalue weighted by Gasteiger charge is -2.06. The van der Waals surface area contributed by atoms with E-state index in [0.717, 1.165) is 18.7 Å². The van der Waals surface area contributed by atoms with Gasteiger partial charge in [0.2, 0.25) is 0 Å². The van der Waals surface area contributed by atoms with Crippen LogP contribution >= 0.6 is 33.9 Å². The van der Waals surface area contributed by atoms with Crippen LogP contribution in [-0.4, -0.2) is 4.98 Å². The van der Waals surface area contributed by atoms with Crippen molar-refractivity contribution >= 4 is 39.6 Å². The summed E-state index contributed by atoms with van der Waals surface area (Å²) in [7, 11) is 0. The Morgan fingerprint density at radius 2 is 2.19 bits per heavy atom. The van der Waals surface area contributed by atoms with E-state index in [4.69, 9.17) is 0 Å². The highest BCUT2D eigenvalue weighted by molar-refractivity contribution is 14.1. The molecule has 1 aromatic carbocycles. The molecule has 1 aromatic heterocycles. The molecular weight excluding hydrogens is 331 g/mol. The summed E-state index contributed by atoms with van der Waals surface area (Å²) in [6, 6.07) is 8.28. The largest absolute Gasteiger partial charge is 0.379 e. The Hall–Kier alpha value is -0.620. The number of halogens is 1. The molecule has 0 radical (unpaired) electrons. The fourth-order valence-corrected chi connectivity index (χ4v) is 2.71. The van der Waals surface area contributed by atoms with Crippen LogP contribution in [-0.2, 0) is 13.0 Å². The molecule has 2 rings (SSSR count). The van der Waals surface area contributed by atoms with Gasteiger partial charge in [-0.15, -0.1) is 11.3 Å². The van der Waals surface area contributed by atoms with E-state index in [-0.39, 0.29) is 0 Å². The second-order valence-corrected chi connectivity index (χ2v) is 5.52. The van der Waals surface area contributed by atoms with E-state index in [2.05, 4.69) is 57.3 Å². The molecule has 0 bridgehead atoms. The number of hydrogen-bond acceptors (Lipinski definition) is 3. The van der Waals surface area contributed by atoms with E-state index in [1.807, 2.05) is 12.1 Å². The molecule has 0 atom stereocenters. The first kappa shape index (κ1) is 11.9. The minimum Gasteiger partial charge on any atom is -0.379 e. The molecule has 0 aliphatic heterocycles. The number of thiazole rings is 1. The second kappa shape index (κ2) is 5.63. The Kier molecular flexibility index (Phi) is 4.17. The van der Waals surface area contributed by atoms with E-state index in [0.29, 0.717) is 0 Å². The Balaban J connectivity index is 1.99. The second-order valence-electron chi connectivity index (χ2n) is 3.42. The van der Waals surface area contributed by atoms with Gasteiger partial charge in [-0.25, -0.2) is 4.98 Å². The summed E-state index contributed by atoms with van der Waals surface area (Å²) in [5.41, 5.74) is 2.30. The maximum Gasteiger partial charge on any atom is 0.0926 e. The third-order valence-electron chi connectivity index (χ3n) is 2.24. The quantitative estimate of drug-likeness (QED) is 0.851. The lowest BCUT2D eigenvalue weighted by atomic mass is 10.3. The smallest absolute Gasteiger partial charge is 0.0926 e. The summed E-state index contributed by atoms with van der Waals surface area (Å²) >= 11 is 4.07. The van der Waals surface area contributed by atoms with Crippen molar-refractivity contribution in [2.75, 3.05) is 5.32 Å². The van der Waals surface area contributed by atoms with Crippen molar-refractivity contribution < 1.29 is 0 Å². The first-order valence-electron chi connectivity index (χ1n) is 5.21. The van der Waals surface area contributed by atoms with E-state index in [1.165, 1.54) is 14.3 Å². The molecule has 0 spiro atoms. The third kappa shape index (κ3) is 2.95. The number of rotatable bonds is 4. The van der Waals surface area contributed by atoms with Crippen LogP contribution in [0.5, 0.6) is 0 Å². The van der Waals surface area contributed by atoms with Crippen molar-refractivity contribution in [3.63, 3.8) is 0 Å². The van der Waals surface area contributed by atoms with Gasteiger partial charge >= 0.3 is 0 Å². The van der Waals surface area contributed by atoms with Gasteiger partial charge in [0.05, 0.1) is 17.2 Å². The van der Waals surface area contributed by atoms with Gasteiger partial charge in [0.1, 0.15) is 0 Å². The number of anilines is 1. The van der Waals surface area contributed by atoms with Crippen molar-refractivity contribution in [2.45, 2.75) is 19.9 Å². The minimum atomic E-state index is 0.802. The maximum absolute atomic E-state index is 4.53. The average Bonchev–Trinajstić information content (AvgIpc) is 2.76. The van der Waals surface area contributed by atoms with Crippen molar-refractivity contribution in [3.05, 3.63) is 43.9 Å². The molecule has 0 unspecified atom stereocenters. The predicted octanol–water partition coefficient (Wildman–Crippen LogP) is 3.92. The standard InChI is InChI=1S/C12H13IN2S/c1-2-12-15-9(8-16-12)7-14-11-6-4-3-5-10(11)13/h3-6,8,14H,2,7H2,1H3. The van der Waals surface area contributed by atoms with Crippen LogP contribution in [0, 0.1) is 3.57 Å². The maximum atomic E-state index is 4.53. The molecular formula is C12H13IN2S. The molecule has 1 heterocycles. The third-order valence-corrected chi connectivity index (χ3v) is 4.22. The summed E-state index contributed by atoms with van der Waals surface area (Å²) in [4.78, 5) is 4.53. The van der Waals surface area contributed by atoms with Crippen LogP contribution in [0.1, 0.15) is 17.6 Å². The normalized spacial score (nSPS) is 10.4. The zero-order valence-electron chi connectivity index (χ0n) is 9.03. The first-order chi connectivity index (χ1) is 7.79. The number of hydrogen-bond donors (Lipinski definition) is 1. The lowest BCUT2D eigenvalue weighted by Crippen LogP contribution is -2.01. The van der Waals surface area contributed by atoms with Gasteiger partial charge in [-0.1, -0.05) is 19.1 Å². The average molecular weight is 344 g/mol. The van der Waals surface area contributed by atoms with Crippen LogP contribution in [0.4, 0.5) is 5.69 Å². The molecule has 0 amide bonds. The van der Waals surface area contributed by atoms with Crippen molar-refractivity contribution in [1.29, 1.82) is 0 Å². The molecule has 4 heteroatoms. The summed E-state index contributed by atoms with van der Waals surface area (Å²) in [6.07, 6.45) is 1.02. The fraction of sp³-hybridized carbons (Fsp3) is 0.250. The molecule has 84 valence electrons. The topological polar surface area (TPSA) is 24.9 Å². The number of nitrogens with one attached hydrogen (secondary N) is 1. The summed E-state index contributed by atoms with van der Waals surface area (Å²) in [5.74, 6) is 0. The summed E-state index contributed by atoms with van der Waals surface area (Å²) in [5, 5.41) is 6.74. The van der Waals surface area contributed by atoms with Gasteiger partial charge in [-0.3, -0.25) is 0 Å². The van der Waals surface area contributed by atoms with Crippen molar-refractivity contribution in [1.82, 2.24) is 4.98 Å². The van der Waals surface area contributed by atoms with Gasteiger partial charge in [0.15, 0.2) is 0 Å². The van der Waals surface area contributed by atoms with Gasteiger partial charge < -0.3 is 5.32 Å². The highest BCUT2D eigenvalue weighted by atomic mass is 127. The summed E-state index contributed by atoms with van der Waals surface area (Å²) in [6.45, 7) is 2.94. The van der Waals surface area contributed by atoms with E-state index < -0.39 is 0 Å². The van der Waals surface area contributed by atoms with E-state index in [9.17, 15) is 0 Å². The number of nitrogens with zero attached hydrogens (tertiary/aromatic N) is 1. The van der Waals surface area contributed by atoms with Gasteiger partial charge in [-0.2, -0.15) is 0 Å². The summed E-state index contributed by atoms with van der Waals surface area (Å²) < 4.78 is 1.24. The van der Waals surface area contributed by atoms with E-state index >= 15 is 0 Å². The van der Waals surface area contributed by atoms with E-state index in [1.54, 1.807) is 11.3 Å². The highest BCUT2D eigenvalue weighted by Gasteiger charge is 2.01. The highest BCUT2D eigenvalue weighted by Crippen LogP contribution is 2.18.